The van der Waals surface area contributed by atoms with E-state index in [1.54, 1.807) is 6.08 Å². The maximum atomic E-state index is 3.60. The first kappa shape index (κ1) is 18.9. The third-order valence-electron chi connectivity index (χ3n) is 1.25. The first-order chi connectivity index (χ1) is 6.74. The number of hydrogen-bond acceptors (Lipinski definition) is 0. The lowest BCUT2D eigenvalue weighted by molar-refractivity contribution is 0.816. The van der Waals surface area contributed by atoms with E-state index in [4.69, 9.17) is 0 Å². The highest BCUT2D eigenvalue weighted by Crippen LogP contribution is 1.91. The second kappa shape index (κ2) is 29.5. The molecule has 0 nitrogen and oxygen atoms in total. The summed E-state index contributed by atoms with van der Waals surface area (Å²) < 4.78 is 0. The van der Waals surface area contributed by atoms with Gasteiger partial charge in [-0.15, -0.1) is 19.7 Å². The Kier molecular flexibility index (Phi) is 39.8. The molecule has 14 heavy (non-hydrogen) atoms. The third kappa shape index (κ3) is 65.8. The molecule has 0 atom stereocenters. The van der Waals surface area contributed by atoms with Crippen LogP contribution in [0.3, 0.4) is 0 Å². The van der Waals surface area contributed by atoms with E-state index >= 15 is 0 Å². The van der Waals surface area contributed by atoms with Crippen LogP contribution in [0.2, 0.25) is 0 Å². The molecule has 0 N–H and O–H groups in total. The van der Waals surface area contributed by atoms with Crippen molar-refractivity contribution in [3.05, 3.63) is 38.0 Å². The van der Waals surface area contributed by atoms with Crippen LogP contribution in [-0.4, -0.2) is 0 Å². The number of unbranched alkanes of at least 4 members (excludes halogenated alkanes) is 3. The summed E-state index contributed by atoms with van der Waals surface area (Å²) in [7, 11) is 0. The van der Waals surface area contributed by atoms with Gasteiger partial charge < -0.3 is 0 Å². The van der Waals surface area contributed by atoms with Crippen molar-refractivity contribution >= 4 is 0 Å². The summed E-state index contributed by atoms with van der Waals surface area (Å²) in [5.41, 5.74) is 0. The largest absolute Gasteiger partial charge is 0.103 e. The van der Waals surface area contributed by atoms with Gasteiger partial charge in [0.05, 0.1) is 0 Å². The zero-order valence-electron chi connectivity index (χ0n) is 10.4. The highest BCUT2D eigenvalue weighted by molar-refractivity contribution is 4.64. The molecule has 0 saturated carbocycles. The molecule has 0 aliphatic carbocycles. The van der Waals surface area contributed by atoms with Crippen LogP contribution in [0.25, 0.3) is 0 Å². The summed E-state index contributed by atoms with van der Waals surface area (Å²) in [4.78, 5) is 0. The van der Waals surface area contributed by atoms with Gasteiger partial charge in [-0.25, -0.2) is 0 Å². The molecule has 0 amide bonds. The summed E-state index contributed by atoms with van der Waals surface area (Å²) in [6.45, 7) is 16.7. The highest BCUT2D eigenvalue weighted by atomic mass is 13.8. The first-order valence-corrected chi connectivity index (χ1v) is 5.53. The molecule has 0 unspecified atom stereocenters. The summed E-state index contributed by atoms with van der Waals surface area (Å²) in [6.07, 6.45) is 11.8. The lowest BCUT2D eigenvalue weighted by Gasteiger charge is -1.81. The Bertz CT molecular complexity index is 101. The zero-order valence-corrected chi connectivity index (χ0v) is 10.4. The molecule has 0 radical (unpaired) electrons. The maximum Gasteiger partial charge on any atom is -0.0354 e. The Hall–Kier alpha value is -0.780. The van der Waals surface area contributed by atoms with Gasteiger partial charge in [-0.1, -0.05) is 51.3 Å². The Labute approximate surface area is 91.4 Å². The summed E-state index contributed by atoms with van der Waals surface area (Å²) in [6, 6.07) is 0. The Morgan fingerprint density at radius 1 is 0.857 bits per heavy atom. The molecule has 0 aromatic rings. The van der Waals surface area contributed by atoms with E-state index in [-0.39, 0.29) is 0 Å². The van der Waals surface area contributed by atoms with Crippen molar-refractivity contribution in [2.75, 3.05) is 0 Å². The molecule has 0 bridgehead atoms. The molecule has 0 fully saturated rings. The minimum atomic E-state index is 1.15. The van der Waals surface area contributed by atoms with Crippen LogP contribution in [0, 0.1) is 0 Å². The van der Waals surface area contributed by atoms with Crippen LogP contribution in [0.4, 0.5) is 0 Å². The molecule has 0 heteroatoms. The van der Waals surface area contributed by atoms with Gasteiger partial charge in [0.1, 0.15) is 0 Å². The van der Waals surface area contributed by atoms with E-state index < -0.39 is 0 Å². The fourth-order valence-corrected chi connectivity index (χ4v) is 0.553. The second-order valence-corrected chi connectivity index (χ2v) is 2.92. The van der Waals surface area contributed by atoms with Crippen LogP contribution < -0.4 is 0 Å². The molecular formula is C14H28. The lowest BCUT2D eigenvalue weighted by atomic mass is 10.3. The van der Waals surface area contributed by atoms with Crippen molar-refractivity contribution in [1.82, 2.24) is 0 Å². The van der Waals surface area contributed by atoms with Crippen molar-refractivity contribution in [3.8, 4) is 0 Å². The van der Waals surface area contributed by atoms with Crippen molar-refractivity contribution in [3.63, 3.8) is 0 Å². The van der Waals surface area contributed by atoms with Gasteiger partial charge in [-0.3, -0.25) is 0 Å². The number of hydrogen-bond donors (Lipinski definition) is 0. The van der Waals surface area contributed by atoms with Gasteiger partial charge in [0.2, 0.25) is 0 Å². The molecule has 0 spiro atoms. The van der Waals surface area contributed by atoms with Crippen LogP contribution in [-0.2, 0) is 0 Å². The van der Waals surface area contributed by atoms with E-state index in [0.717, 1.165) is 6.42 Å². The molecule has 84 valence electrons. The van der Waals surface area contributed by atoms with E-state index in [0.29, 0.717) is 0 Å². The Balaban J connectivity index is -0.000000138. The smallest absolute Gasteiger partial charge is 0.0354 e. The maximum absolute atomic E-state index is 3.60. The summed E-state index contributed by atoms with van der Waals surface area (Å²) >= 11 is 0. The number of allylic oxidation sites excluding steroid dienone is 3. The van der Waals surface area contributed by atoms with Gasteiger partial charge in [-0.2, -0.15) is 0 Å². The Morgan fingerprint density at radius 3 is 1.36 bits per heavy atom. The van der Waals surface area contributed by atoms with Gasteiger partial charge in [0.15, 0.2) is 0 Å². The fourth-order valence-electron chi connectivity index (χ4n) is 0.553. The van der Waals surface area contributed by atoms with Crippen LogP contribution in [0.15, 0.2) is 38.0 Å². The molecule has 0 saturated heterocycles. The summed E-state index contributed by atoms with van der Waals surface area (Å²) in [5, 5.41) is 0. The predicted molar refractivity (Wildman–Crippen MR) is 70.7 cm³/mol. The van der Waals surface area contributed by atoms with E-state index in [1.807, 2.05) is 19.1 Å². The van der Waals surface area contributed by atoms with Crippen molar-refractivity contribution < 1.29 is 0 Å². The highest BCUT2D eigenvalue weighted by Gasteiger charge is 1.71. The predicted octanol–water partition coefficient (Wildman–Crippen LogP) is 5.53. The molecule has 0 aromatic heterocycles. The molecule has 0 aromatic carbocycles. The molecule has 0 rings (SSSR count). The standard InChI is InChI=1S/C6H12.C5H10.C3H6/c1-3-5-6-4-2;1-3-5-4-2;1-3-2/h3H,1,4-6H2,2H3;3H,1,4-5H2,2H3;3H,1H2,2H3. The minimum absolute atomic E-state index is 1.15. The van der Waals surface area contributed by atoms with Crippen LogP contribution in [0.1, 0.15) is 52.9 Å². The molecule has 0 aliphatic heterocycles. The van der Waals surface area contributed by atoms with Gasteiger partial charge >= 0.3 is 0 Å². The van der Waals surface area contributed by atoms with E-state index in [2.05, 4.69) is 33.6 Å². The van der Waals surface area contributed by atoms with Crippen molar-refractivity contribution in [1.29, 1.82) is 0 Å². The van der Waals surface area contributed by atoms with Crippen molar-refractivity contribution in [2.45, 2.75) is 52.9 Å². The van der Waals surface area contributed by atoms with E-state index in [9.17, 15) is 0 Å². The third-order valence-corrected chi connectivity index (χ3v) is 1.25. The molecule has 0 heterocycles. The zero-order chi connectivity index (χ0) is 11.7. The van der Waals surface area contributed by atoms with Crippen LogP contribution >= 0.6 is 0 Å². The van der Waals surface area contributed by atoms with Crippen molar-refractivity contribution in [2.24, 2.45) is 0 Å². The SMILES string of the molecule is C=CC.C=CCCC.C=CCCCC. The van der Waals surface area contributed by atoms with Crippen LogP contribution in [0.5, 0.6) is 0 Å². The average Bonchev–Trinajstić information content (AvgIpc) is 2.18. The van der Waals surface area contributed by atoms with Gasteiger partial charge in [0, 0.05) is 0 Å². The topological polar surface area (TPSA) is 0 Å². The van der Waals surface area contributed by atoms with Gasteiger partial charge in [0.25, 0.3) is 0 Å². The fraction of sp³-hybridized carbons (Fsp3) is 0.571. The Morgan fingerprint density at radius 2 is 1.29 bits per heavy atom. The number of rotatable bonds is 5. The quantitative estimate of drug-likeness (QED) is 0.401. The normalized spacial score (nSPS) is 7.07. The first-order valence-electron chi connectivity index (χ1n) is 5.53. The average molecular weight is 196 g/mol. The second-order valence-electron chi connectivity index (χ2n) is 2.92. The monoisotopic (exact) mass is 196 g/mol. The summed E-state index contributed by atoms with van der Waals surface area (Å²) in [5.74, 6) is 0. The molecule has 0 aliphatic rings. The lowest BCUT2D eigenvalue weighted by Crippen LogP contribution is -1.61. The van der Waals surface area contributed by atoms with Gasteiger partial charge in [-0.05, 0) is 19.8 Å². The van der Waals surface area contributed by atoms with E-state index in [1.165, 1.54) is 25.7 Å². The minimum Gasteiger partial charge on any atom is -0.103 e. The molecular weight excluding hydrogens is 168 g/mol.